The molecular weight excluding hydrogens is 404 g/mol. The van der Waals surface area contributed by atoms with Gasteiger partial charge in [0.1, 0.15) is 24.4 Å². The van der Waals surface area contributed by atoms with E-state index in [4.69, 9.17) is 24.9 Å². The second-order valence-corrected chi connectivity index (χ2v) is 8.83. The first-order valence-corrected chi connectivity index (χ1v) is 10.6. The van der Waals surface area contributed by atoms with Crippen LogP contribution in [0.5, 0.6) is 11.5 Å². The first kappa shape index (κ1) is 20.5. The van der Waals surface area contributed by atoms with Crippen molar-refractivity contribution in [3.05, 3.63) is 71.8 Å². The molecule has 1 aromatic heterocycles. The summed E-state index contributed by atoms with van der Waals surface area (Å²) in [5, 5.41) is 0. The van der Waals surface area contributed by atoms with Crippen molar-refractivity contribution in [1.82, 2.24) is 9.97 Å². The van der Waals surface area contributed by atoms with Crippen molar-refractivity contribution in [1.29, 1.82) is 0 Å². The molecule has 1 unspecified atom stereocenters. The number of aromatic nitrogens is 2. The van der Waals surface area contributed by atoms with E-state index in [-0.39, 0.29) is 11.6 Å². The van der Waals surface area contributed by atoms with Gasteiger partial charge in [-0.15, -0.1) is 0 Å². The average Bonchev–Trinajstić information content (AvgIpc) is 3.21. The number of amidine groups is 1. The predicted octanol–water partition coefficient (Wildman–Crippen LogP) is 4.20. The highest BCUT2D eigenvalue weighted by Gasteiger charge is 2.47. The van der Waals surface area contributed by atoms with Crippen molar-refractivity contribution in [2.45, 2.75) is 37.8 Å². The lowest BCUT2D eigenvalue weighted by atomic mass is 9.79. The Balaban J connectivity index is 1.60. The van der Waals surface area contributed by atoms with E-state index in [0.29, 0.717) is 6.61 Å². The lowest BCUT2D eigenvalue weighted by molar-refractivity contribution is 0.0158. The maximum Gasteiger partial charge on any atom is 0.283 e. The monoisotopic (exact) mass is 430 g/mol. The van der Waals surface area contributed by atoms with E-state index in [1.54, 1.807) is 19.5 Å². The van der Waals surface area contributed by atoms with E-state index in [2.05, 4.69) is 42.0 Å². The highest BCUT2D eigenvalue weighted by Crippen LogP contribution is 2.51. The van der Waals surface area contributed by atoms with Gasteiger partial charge in [0.15, 0.2) is 5.54 Å². The first-order valence-electron chi connectivity index (χ1n) is 10.6. The van der Waals surface area contributed by atoms with Gasteiger partial charge in [-0.2, -0.15) is 0 Å². The molecule has 0 bridgehead atoms. The zero-order chi connectivity index (χ0) is 22.3. The van der Waals surface area contributed by atoms with E-state index in [1.807, 2.05) is 18.2 Å². The Kier molecular flexibility index (Phi) is 4.86. The SMILES string of the molecule is COC(C)(C)CCc1ccc2c(c1)C1(COC(N)=N1)c1cc(-c3cncnc3)ccc1O2. The molecule has 1 spiro atoms. The Morgan fingerprint density at radius 1 is 1.03 bits per heavy atom. The van der Waals surface area contributed by atoms with Crippen LogP contribution in [0.4, 0.5) is 0 Å². The molecule has 1 atom stereocenters. The van der Waals surface area contributed by atoms with Crippen molar-refractivity contribution < 1.29 is 14.2 Å². The number of aliphatic imine (C=N–C) groups is 1. The van der Waals surface area contributed by atoms with Crippen LogP contribution in [-0.2, 0) is 21.4 Å². The summed E-state index contributed by atoms with van der Waals surface area (Å²) in [6.07, 6.45) is 6.87. The molecule has 3 heterocycles. The molecule has 32 heavy (non-hydrogen) atoms. The largest absolute Gasteiger partial charge is 0.462 e. The minimum absolute atomic E-state index is 0.183. The van der Waals surface area contributed by atoms with Crippen molar-refractivity contribution in [3.8, 4) is 22.6 Å². The Labute approximate surface area is 187 Å². The van der Waals surface area contributed by atoms with Crippen molar-refractivity contribution >= 4 is 6.02 Å². The number of hydrogen-bond acceptors (Lipinski definition) is 7. The number of aryl methyl sites for hydroxylation is 1. The molecule has 3 aromatic rings. The molecule has 5 rings (SSSR count). The molecule has 0 saturated heterocycles. The number of rotatable bonds is 5. The molecule has 2 aliphatic heterocycles. The third kappa shape index (κ3) is 3.48. The standard InChI is InChI=1S/C25H26N4O3/c1-24(2,30-3)9-8-16-4-6-21-19(10-16)25(14-31-23(26)29-25)20-11-17(5-7-22(20)32-21)18-12-27-15-28-13-18/h4-7,10-13,15H,8-9,14H2,1-3H3,(H2,26,29). The fraction of sp³-hybridized carbons (Fsp3) is 0.320. The molecular formula is C25H26N4O3. The van der Waals surface area contributed by atoms with Crippen molar-refractivity contribution in [3.63, 3.8) is 0 Å². The number of hydrogen-bond donors (Lipinski definition) is 1. The lowest BCUT2D eigenvalue weighted by Crippen LogP contribution is -2.31. The van der Waals surface area contributed by atoms with Gasteiger partial charge in [0.05, 0.1) is 5.60 Å². The Hall–Kier alpha value is -3.45. The summed E-state index contributed by atoms with van der Waals surface area (Å²) in [5.41, 5.74) is 10.0. The summed E-state index contributed by atoms with van der Waals surface area (Å²) in [7, 11) is 1.75. The van der Waals surface area contributed by atoms with Crippen LogP contribution in [0.15, 0.2) is 60.1 Å². The van der Waals surface area contributed by atoms with Gasteiger partial charge in [-0.1, -0.05) is 12.1 Å². The minimum atomic E-state index is -0.759. The number of nitrogens with two attached hydrogens (primary N) is 1. The summed E-state index contributed by atoms with van der Waals surface area (Å²) >= 11 is 0. The Bertz CT molecular complexity index is 1190. The fourth-order valence-electron chi connectivity index (χ4n) is 4.23. The number of methoxy groups -OCH3 is 1. The van der Waals surface area contributed by atoms with Crippen LogP contribution in [0.1, 0.15) is 37.0 Å². The van der Waals surface area contributed by atoms with E-state index >= 15 is 0 Å². The fourth-order valence-corrected chi connectivity index (χ4v) is 4.23. The molecule has 2 aromatic carbocycles. The van der Waals surface area contributed by atoms with Gasteiger partial charge < -0.3 is 19.9 Å². The normalized spacial score (nSPS) is 19.0. The van der Waals surface area contributed by atoms with Crippen LogP contribution in [0.2, 0.25) is 0 Å². The van der Waals surface area contributed by atoms with Crippen molar-refractivity contribution in [2.75, 3.05) is 13.7 Å². The average molecular weight is 431 g/mol. The quantitative estimate of drug-likeness (QED) is 0.652. The summed E-state index contributed by atoms with van der Waals surface area (Å²) in [6.45, 7) is 4.51. The Morgan fingerprint density at radius 3 is 2.44 bits per heavy atom. The van der Waals surface area contributed by atoms with Gasteiger partial charge in [-0.3, -0.25) is 0 Å². The van der Waals surface area contributed by atoms with Gasteiger partial charge in [0, 0.05) is 36.2 Å². The Morgan fingerprint density at radius 2 is 1.75 bits per heavy atom. The summed E-state index contributed by atoms with van der Waals surface area (Å²) < 4.78 is 17.6. The molecule has 0 radical (unpaired) electrons. The number of nitrogens with zero attached hydrogens (tertiary/aromatic N) is 3. The van der Waals surface area contributed by atoms with Crippen LogP contribution in [0, 0.1) is 0 Å². The number of ether oxygens (including phenoxy) is 3. The highest BCUT2D eigenvalue weighted by atomic mass is 16.5. The first-order chi connectivity index (χ1) is 15.4. The third-order valence-electron chi connectivity index (χ3n) is 6.33. The highest BCUT2D eigenvalue weighted by molar-refractivity contribution is 5.77. The van der Waals surface area contributed by atoms with Crippen LogP contribution in [-0.4, -0.2) is 35.3 Å². The van der Waals surface area contributed by atoms with E-state index < -0.39 is 5.54 Å². The molecule has 7 heteroatoms. The van der Waals surface area contributed by atoms with Crippen LogP contribution in [0.3, 0.4) is 0 Å². The minimum Gasteiger partial charge on any atom is -0.462 e. The van der Waals surface area contributed by atoms with E-state index in [1.165, 1.54) is 11.9 Å². The molecule has 0 saturated carbocycles. The second kappa shape index (κ2) is 7.60. The number of fused-ring (bicyclic) bond motifs is 4. The zero-order valence-electron chi connectivity index (χ0n) is 18.5. The number of benzene rings is 2. The molecule has 2 N–H and O–H groups in total. The van der Waals surface area contributed by atoms with Crippen LogP contribution in [0.25, 0.3) is 11.1 Å². The molecule has 0 amide bonds. The van der Waals surface area contributed by atoms with Crippen LogP contribution >= 0.6 is 0 Å². The lowest BCUT2D eigenvalue weighted by Gasteiger charge is -2.34. The topological polar surface area (TPSA) is 91.9 Å². The maximum atomic E-state index is 6.29. The zero-order valence-corrected chi connectivity index (χ0v) is 18.5. The van der Waals surface area contributed by atoms with E-state index in [9.17, 15) is 0 Å². The third-order valence-corrected chi connectivity index (χ3v) is 6.33. The summed E-state index contributed by atoms with van der Waals surface area (Å²) in [5.74, 6) is 1.51. The smallest absolute Gasteiger partial charge is 0.283 e. The molecule has 0 aliphatic carbocycles. The van der Waals surface area contributed by atoms with Crippen molar-refractivity contribution in [2.24, 2.45) is 10.7 Å². The predicted molar refractivity (Wildman–Crippen MR) is 122 cm³/mol. The van der Waals surface area contributed by atoms with Gasteiger partial charge >= 0.3 is 0 Å². The van der Waals surface area contributed by atoms with Gasteiger partial charge in [-0.05, 0) is 62.1 Å². The summed E-state index contributed by atoms with van der Waals surface area (Å²) in [6, 6.07) is 12.5. The molecule has 0 fully saturated rings. The molecule has 164 valence electrons. The molecule has 2 aliphatic rings. The molecule has 7 nitrogen and oxygen atoms in total. The maximum absolute atomic E-state index is 6.29. The van der Waals surface area contributed by atoms with Gasteiger partial charge in [-0.25, -0.2) is 15.0 Å². The second-order valence-electron chi connectivity index (χ2n) is 8.83. The van der Waals surface area contributed by atoms with Gasteiger partial charge in [0.25, 0.3) is 6.02 Å². The van der Waals surface area contributed by atoms with Crippen LogP contribution < -0.4 is 10.5 Å². The van der Waals surface area contributed by atoms with E-state index in [0.717, 1.165) is 46.6 Å². The summed E-state index contributed by atoms with van der Waals surface area (Å²) in [4.78, 5) is 13.1. The van der Waals surface area contributed by atoms with Gasteiger partial charge in [0.2, 0.25) is 0 Å².